The highest BCUT2D eigenvalue weighted by atomic mass is 35.7. The predicted molar refractivity (Wildman–Crippen MR) is 73.4 cm³/mol. The van der Waals surface area contributed by atoms with Gasteiger partial charge in [-0.05, 0) is 38.0 Å². The molecule has 3 nitrogen and oxygen atoms in total. The minimum absolute atomic E-state index is 0.00193. The summed E-state index contributed by atoms with van der Waals surface area (Å²) in [6.45, 7) is 6.06. The monoisotopic (exact) mass is 290 g/mol. The molecule has 1 unspecified atom stereocenters. The molecule has 18 heavy (non-hydrogen) atoms. The van der Waals surface area contributed by atoms with Crippen LogP contribution in [0.1, 0.15) is 45.3 Å². The molecule has 0 amide bonds. The van der Waals surface area contributed by atoms with Crippen LogP contribution in [-0.4, -0.2) is 14.5 Å². The lowest BCUT2D eigenvalue weighted by molar-refractivity contribution is 0.00132. The largest absolute Gasteiger partial charge is 0.371 e. The summed E-state index contributed by atoms with van der Waals surface area (Å²) in [5.74, 6) is 0. The summed E-state index contributed by atoms with van der Waals surface area (Å²) in [6.07, 6.45) is 2.05. The molecule has 102 valence electrons. The summed E-state index contributed by atoms with van der Waals surface area (Å²) in [4.78, 5) is 0.118. The molecule has 0 radical (unpaired) electrons. The summed E-state index contributed by atoms with van der Waals surface area (Å²) >= 11 is 0. The molecule has 0 N–H and O–H groups in total. The van der Waals surface area contributed by atoms with Crippen LogP contribution in [-0.2, 0) is 13.8 Å². The SMILES string of the molecule is CCCC(OC(C)C)c1ccc(S(=O)(=O)Cl)cc1. The average Bonchev–Trinajstić information content (AvgIpc) is 2.27. The third kappa shape index (κ3) is 4.59. The van der Waals surface area contributed by atoms with E-state index >= 15 is 0 Å². The maximum absolute atomic E-state index is 11.2. The molecule has 1 rings (SSSR count). The lowest BCUT2D eigenvalue weighted by Crippen LogP contribution is -2.10. The van der Waals surface area contributed by atoms with Crippen LogP contribution in [0.5, 0.6) is 0 Å². The van der Waals surface area contributed by atoms with E-state index in [0.29, 0.717) is 0 Å². The van der Waals surface area contributed by atoms with Gasteiger partial charge >= 0.3 is 0 Å². The number of hydrogen-bond acceptors (Lipinski definition) is 3. The van der Waals surface area contributed by atoms with Crippen molar-refractivity contribution in [3.63, 3.8) is 0 Å². The molecule has 1 atom stereocenters. The standard InChI is InChI=1S/C13H19ClO3S/c1-4-5-13(17-10(2)3)11-6-8-12(9-7-11)18(14,15)16/h6-10,13H,4-5H2,1-3H3. The molecule has 1 aromatic rings. The van der Waals surface area contributed by atoms with Gasteiger partial charge in [0, 0.05) is 10.7 Å². The molecule has 0 fully saturated rings. The first-order chi connectivity index (χ1) is 8.34. The fraction of sp³-hybridized carbons (Fsp3) is 0.538. The Labute approximate surface area is 114 Å². The maximum atomic E-state index is 11.2. The van der Waals surface area contributed by atoms with Gasteiger partial charge in [0.05, 0.1) is 17.1 Å². The summed E-state index contributed by atoms with van der Waals surface area (Å²) in [7, 11) is 1.63. The predicted octanol–water partition coefficient (Wildman–Crippen LogP) is 3.88. The van der Waals surface area contributed by atoms with Crippen molar-refractivity contribution in [3.05, 3.63) is 29.8 Å². The Balaban J connectivity index is 2.93. The molecule has 0 saturated heterocycles. The molecule has 0 bridgehead atoms. The highest BCUT2D eigenvalue weighted by Crippen LogP contribution is 2.26. The lowest BCUT2D eigenvalue weighted by atomic mass is 10.1. The van der Waals surface area contributed by atoms with Gasteiger partial charge in [-0.2, -0.15) is 0 Å². The van der Waals surface area contributed by atoms with Crippen LogP contribution >= 0.6 is 10.7 Å². The van der Waals surface area contributed by atoms with E-state index in [2.05, 4.69) is 6.92 Å². The normalized spacial score (nSPS) is 13.8. The van der Waals surface area contributed by atoms with Crippen molar-refractivity contribution in [2.24, 2.45) is 0 Å². The zero-order valence-electron chi connectivity index (χ0n) is 10.9. The smallest absolute Gasteiger partial charge is 0.261 e. The second-order valence-electron chi connectivity index (χ2n) is 4.47. The van der Waals surface area contributed by atoms with Gasteiger partial charge in [0.1, 0.15) is 0 Å². The summed E-state index contributed by atoms with van der Waals surface area (Å²) in [6, 6.07) is 6.56. The van der Waals surface area contributed by atoms with E-state index in [-0.39, 0.29) is 17.1 Å². The average molecular weight is 291 g/mol. The van der Waals surface area contributed by atoms with Crippen LogP contribution in [0.15, 0.2) is 29.2 Å². The Morgan fingerprint density at radius 2 is 1.78 bits per heavy atom. The first-order valence-corrected chi connectivity index (χ1v) is 8.35. The number of hydrogen-bond donors (Lipinski definition) is 0. The van der Waals surface area contributed by atoms with Gasteiger partial charge < -0.3 is 4.74 Å². The quantitative estimate of drug-likeness (QED) is 0.747. The highest BCUT2D eigenvalue weighted by Gasteiger charge is 2.15. The molecule has 0 aliphatic rings. The summed E-state index contributed by atoms with van der Waals surface area (Å²) < 4.78 is 28.1. The van der Waals surface area contributed by atoms with E-state index < -0.39 is 9.05 Å². The fourth-order valence-electron chi connectivity index (χ4n) is 1.75. The molecule has 5 heteroatoms. The molecule has 1 aromatic carbocycles. The van der Waals surface area contributed by atoms with Gasteiger partial charge in [0.2, 0.25) is 0 Å². The molecule has 0 saturated carbocycles. The first-order valence-electron chi connectivity index (χ1n) is 6.04. The second kappa shape index (κ2) is 6.55. The minimum atomic E-state index is -3.65. The molecule has 0 aliphatic heterocycles. The molecule has 0 aromatic heterocycles. The van der Waals surface area contributed by atoms with Crippen molar-refractivity contribution in [1.82, 2.24) is 0 Å². The molecular formula is C13H19ClO3S. The zero-order valence-corrected chi connectivity index (χ0v) is 12.5. The first kappa shape index (κ1) is 15.5. The number of benzene rings is 1. The van der Waals surface area contributed by atoms with Gasteiger partial charge in [-0.1, -0.05) is 25.5 Å². The van der Waals surface area contributed by atoms with Gasteiger partial charge in [-0.15, -0.1) is 0 Å². The van der Waals surface area contributed by atoms with Crippen LogP contribution < -0.4 is 0 Å². The van der Waals surface area contributed by atoms with Gasteiger partial charge in [-0.25, -0.2) is 8.42 Å². The Morgan fingerprint density at radius 1 is 1.22 bits per heavy atom. The minimum Gasteiger partial charge on any atom is -0.371 e. The fourth-order valence-corrected chi connectivity index (χ4v) is 2.52. The van der Waals surface area contributed by atoms with E-state index in [4.69, 9.17) is 15.4 Å². The Hall–Kier alpha value is -0.580. The summed E-state index contributed by atoms with van der Waals surface area (Å²) in [5.41, 5.74) is 0.981. The zero-order chi connectivity index (χ0) is 13.8. The van der Waals surface area contributed by atoms with E-state index in [1.54, 1.807) is 12.1 Å². The topological polar surface area (TPSA) is 43.4 Å². The van der Waals surface area contributed by atoms with Crippen LogP contribution in [0, 0.1) is 0 Å². The highest BCUT2D eigenvalue weighted by molar-refractivity contribution is 8.13. The number of ether oxygens (including phenoxy) is 1. The van der Waals surface area contributed by atoms with Crippen molar-refractivity contribution < 1.29 is 13.2 Å². The Morgan fingerprint density at radius 3 is 2.17 bits per heavy atom. The van der Waals surface area contributed by atoms with Crippen molar-refractivity contribution >= 4 is 19.7 Å². The van der Waals surface area contributed by atoms with Gasteiger partial charge in [0.15, 0.2) is 0 Å². The Bertz CT molecular complexity index is 466. The molecule has 0 aliphatic carbocycles. The van der Waals surface area contributed by atoms with Gasteiger partial charge in [0.25, 0.3) is 9.05 Å². The van der Waals surface area contributed by atoms with Crippen LogP contribution in [0.25, 0.3) is 0 Å². The number of rotatable bonds is 6. The third-order valence-electron chi connectivity index (χ3n) is 2.52. The molecule has 0 spiro atoms. The van der Waals surface area contributed by atoms with Crippen molar-refractivity contribution in [3.8, 4) is 0 Å². The Kier molecular flexibility index (Phi) is 5.63. The van der Waals surface area contributed by atoms with E-state index in [0.717, 1.165) is 18.4 Å². The van der Waals surface area contributed by atoms with Crippen LogP contribution in [0.4, 0.5) is 0 Å². The third-order valence-corrected chi connectivity index (χ3v) is 3.89. The summed E-state index contributed by atoms with van der Waals surface area (Å²) in [5, 5.41) is 0. The van der Waals surface area contributed by atoms with E-state index in [1.165, 1.54) is 12.1 Å². The lowest BCUT2D eigenvalue weighted by Gasteiger charge is -2.20. The second-order valence-corrected chi connectivity index (χ2v) is 7.03. The van der Waals surface area contributed by atoms with Crippen molar-refractivity contribution in [2.75, 3.05) is 0 Å². The van der Waals surface area contributed by atoms with Gasteiger partial charge in [-0.3, -0.25) is 0 Å². The van der Waals surface area contributed by atoms with E-state index in [1.807, 2.05) is 13.8 Å². The van der Waals surface area contributed by atoms with Crippen molar-refractivity contribution in [2.45, 2.75) is 50.7 Å². The van der Waals surface area contributed by atoms with Crippen LogP contribution in [0.2, 0.25) is 0 Å². The van der Waals surface area contributed by atoms with E-state index in [9.17, 15) is 8.42 Å². The number of halogens is 1. The molecule has 0 heterocycles. The maximum Gasteiger partial charge on any atom is 0.261 e. The van der Waals surface area contributed by atoms with Crippen molar-refractivity contribution in [1.29, 1.82) is 0 Å². The molecular weight excluding hydrogens is 272 g/mol. The van der Waals surface area contributed by atoms with Crippen LogP contribution in [0.3, 0.4) is 0 Å².